The molecule has 0 N–H and O–H groups in total. The van der Waals surface area contributed by atoms with Crippen LogP contribution in [0.5, 0.6) is 0 Å². The number of hydrogen-bond acceptors (Lipinski definition) is 2. The molecule has 0 radical (unpaired) electrons. The molecule has 1 aromatic rings. The number of benzene rings is 1. The van der Waals surface area contributed by atoms with Gasteiger partial charge in [0.1, 0.15) is 0 Å². The summed E-state index contributed by atoms with van der Waals surface area (Å²) < 4.78 is 23.5. The Morgan fingerprint density at radius 3 is 2.46 bits per heavy atom. The molecule has 0 unspecified atom stereocenters. The zero-order valence-corrected chi connectivity index (χ0v) is 11.8. The minimum atomic E-state index is -3.65. The standard InChI is InChI=1S/C7H5BrClIO2S/c1-4-2-5(8)7(3-6(4)10)13(9,11)12/h2-3H,1H3. The molecular weight excluding hydrogens is 390 g/mol. The van der Waals surface area contributed by atoms with Crippen LogP contribution in [0.25, 0.3) is 0 Å². The largest absolute Gasteiger partial charge is 0.262 e. The summed E-state index contributed by atoms with van der Waals surface area (Å²) in [6.45, 7) is 1.90. The average molecular weight is 395 g/mol. The fourth-order valence-corrected chi connectivity index (χ4v) is 3.80. The fraction of sp³-hybridized carbons (Fsp3) is 0.143. The van der Waals surface area contributed by atoms with Gasteiger partial charge in [-0.25, -0.2) is 8.42 Å². The van der Waals surface area contributed by atoms with E-state index >= 15 is 0 Å². The molecule has 0 saturated heterocycles. The smallest absolute Gasteiger partial charge is 0.207 e. The first-order valence-corrected chi connectivity index (χ1v) is 7.41. The second-order valence-corrected chi connectivity index (χ2v) is 7.02. The van der Waals surface area contributed by atoms with E-state index in [2.05, 4.69) is 38.5 Å². The highest BCUT2D eigenvalue weighted by Gasteiger charge is 2.15. The molecule has 0 fully saturated rings. The van der Waals surface area contributed by atoms with Gasteiger partial charge < -0.3 is 0 Å². The van der Waals surface area contributed by atoms with Crippen molar-refractivity contribution in [2.75, 3.05) is 0 Å². The maximum atomic E-state index is 11.0. The Morgan fingerprint density at radius 2 is 2.00 bits per heavy atom. The highest BCUT2D eigenvalue weighted by molar-refractivity contribution is 14.1. The Bertz CT molecular complexity index is 444. The van der Waals surface area contributed by atoms with Crippen molar-refractivity contribution in [1.82, 2.24) is 0 Å². The van der Waals surface area contributed by atoms with Gasteiger partial charge in [0.05, 0.1) is 4.90 Å². The van der Waals surface area contributed by atoms with Crippen molar-refractivity contribution in [3.8, 4) is 0 Å². The predicted molar refractivity (Wildman–Crippen MR) is 64.6 cm³/mol. The van der Waals surface area contributed by atoms with E-state index in [1.807, 2.05) is 6.92 Å². The third kappa shape index (κ3) is 2.81. The third-order valence-electron chi connectivity index (χ3n) is 1.48. The van der Waals surface area contributed by atoms with Crippen LogP contribution in [-0.4, -0.2) is 8.42 Å². The summed E-state index contributed by atoms with van der Waals surface area (Å²) in [4.78, 5) is 0.115. The minimum Gasteiger partial charge on any atom is -0.207 e. The quantitative estimate of drug-likeness (QED) is 0.540. The lowest BCUT2D eigenvalue weighted by atomic mass is 10.2. The molecule has 0 bridgehead atoms. The van der Waals surface area contributed by atoms with Crippen molar-refractivity contribution >= 4 is 58.3 Å². The lowest BCUT2D eigenvalue weighted by Crippen LogP contribution is -1.94. The van der Waals surface area contributed by atoms with Crippen molar-refractivity contribution in [3.63, 3.8) is 0 Å². The zero-order chi connectivity index (χ0) is 10.2. The summed E-state index contributed by atoms with van der Waals surface area (Å²) in [5.41, 5.74) is 1.01. The average Bonchev–Trinajstić information content (AvgIpc) is 1.94. The van der Waals surface area contributed by atoms with Crippen LogP contribution in [0.15, 0.2) is 21.5 Å². The molecule has 0 aliphatic heterocycles. The Balaban J connectivity index is 3.50. The highest BCUT2D eigenvalue weighted by Crippen LogP contribution is 2.28. The van der Waals surface area contributed by atoms with Gasteiger partial charge >= 0.3 is 0 Å². The molecule has 0 aliphatic carbocycles. The molecule has 72 valence electrons. The molecule has 0 aromatic heterocycles. The molecule has 0 saturated carbocycles. The van der Waals surface area contributed by atoms with Crippen molar-refractivity contribution in [3.05, 3.63) is 25.7 Å². The number of halogens is 3. The first-order chi connectivity index (χ1) is 5.82. The molecule has 13 heavy (non-hydrogen) atoms. The van der Waals surface area contributed by atoms with E-state index in [1.165, 1.54) is 0 Å². The van der Waals surface area contributed by atoms with Crippen LogP contribution < -0.4 is 0 Å². The van der Waals surface area contributed by atoms with Gasteiger partial charge in [0.2, 0.25) is 0 Å². The first kappa shape index (κ1) is 11.7. The molecule has 2 nitrogen and oxygen atoms in total. The monoisotopic (exact) mass is 394 g/mol. The first-order valence-electron chi connectivity index (χ1n) is 3.22. The Morgan fingerprint density at radius 1 is 1.46 bits per heavy atom. The van der Waals surface area contributed by atoms with E-state index in [0.29, 0.717) is 4.47 Å². The summed E-state index contributed by atoms with van der Waals surface area (Å²) in [7, 11) is 1.57. The van der Waals surface area contributed by atoms with Crippen LogP contribution in [0, 0.1) is 10.5 Å². The molecule has 1 aromatic carbocycles. The maximum Gasteiger partial charge on any atom is 0.262 e. The third-order valence-corrected chi connectivity index (χ3v) is 4.92. The maximum absolute atomic E-state index is 11.0. The summed E-state index contributed by atoms with van der Waals surface area (Å²) in [6, 6.07) is 3.28. The van der Waals surface area contributed by atoms with Gasteiger partial charge in [-0.1, -0.05) is 0 Å². The van der Waals surface area contributed by atoms with Crippen molar-refractivity contribution < 1.29 is 8.42 Å². The number of hydrogen-bond donors (Lipinski definition) is 0. The van der Waals surface area contributed by atoms with Gasteiger partial charge in [0.25, 0.3) is 9.05 Å². The summed E-state index contributed by atoms with van der Waals surface area (Å²) in [6.07, 6.45) is 0. The lowest BCUT2D eigenvalue weighted by molar-refractivity contribution is 0.609. The van der Waals surface area contributed by atoms with Gasteiger partial charge in [0.15, 0.2) is 0 Å². The molecule has 0 amide bonds. The van der Waals surface area contributed by atoms with Crippen molar-refractivity contribution in [2.24, 2.45) is 0 Å². The van der Waals surface area contributed by atoms with Gasteiger partial charge in [-0.15, -0.1) is 0 Å². The van der Waals surface area contributed by atoms with Crippen molar-refractivity contribution in [1.29, 1.82) is 0 Å². The summed E-state index contributed by atoms with van der Waals surface area (Å²) >= 11 is 5.21. The lowest BCUT2D eigenvalue weighted by Gasteiger charge is -2.03. The Kier molecular flexibility index (Phi) is 3.65. The van der Waals surface area contributed by atoms with Crippen molar-refractivity contribution in [2.45, 2.75) is 11.8 Å². The van der Waals surface area contributed by atoms with E-state index in [9.17, 15) is 8.42 Å². The number of aryl methyl sites for hydroxylation is 1. The topological polar surface area (TPSA) is 34.1 Å². The molecule has 0 heterocycles. The van der Waals surface area contributed by atoms with Crippen LogP contribution in [0.2, 0.25) is 0 Å². The molecule has 0 spiro atoms. The molecular formula is C7H5BrClIO2S. The normalized spacial score (nSPS) is 11.7. The van der Waals surface area contributed by atoms with E-state index in [4.69, 9.17) is 10.7 Å². The van der Waals surface area contributed by atoms with Gasteiger partial charge in [-0.05, 0) is 63.1 Å². The van der Waals surface area contributed by atoms with Gasteiger partial charge in [-0.3, -0.25) is 0 Å². The summed E-state index contributed by atoms with van der Waals surface area (Å²) in [5.74, 6) is 0. The van der Waals surface area contributed by atoms with Gasteiger partial charge in [0, 0.05) is 18.7 Å². The second kappa shape index (κ2) is 4.04. The van der Waals surface area contributed by atoms with E-state index in [-0.39, 0.29) is 4.90 Å². The molecule has 6 heteroatoms. The van der Waals surface area contributed by atoms with E-state index < -0.39 is 9.05 Å². The SMILES string of the molecule is Cc1cc(Br)c(S(=O)(=O)Cl)cc1I. The van der Waals surface area contributed by atoms with Crippen LogP contribution in [0.3, 0.4) is 0 Å². The van der Waals surface area contributed by atoms with Crippen LogP contribution in [-0.2, 0) is 9.05 Å². The van der Waals surface area contributed by atoms with E-state index in [1.54, 1.807) is 12.1 Å². The van der Waals surface area contributed by atoms with E-state index in [0.717, 1.165) is 9.13 Å². The highest BCUT2D eigenvalue weighted by atomic mass is 127. The molecule has 1 rings (SSSR count). The Labute approximate surface area is 103 Å². The zero-order valence-electron chi connectivity index (χ0n) is 6.51. The van der Waals surface area contributed by atoms with Crippen LogP contribution in [0.1, 0.15) is 5.56 Å². The predicted octanol–water partition coefficient (Wildman–Crippen LogP) is 3.29. The van der Waals surface area contributed by atoms with Crippen LogP contribution in [0.4, 0.5) is 0 Å². The second-order valence-electron chi connectivity index (χ2n) is 2.47. The molecule has 0 atom stereocenters. The fourth-order valence-electron chi connectivity index (χ4n) is 0.815. The Hall–Kier alpha value is 0.670. The molecule has 0 aliphatic rings. The minimum absolute atomic E-state index is 0.115. The number of rotatable bonds is 1. The summed E-state index contributed by atoms with van der Waals surface area (Å²) in [5, 5.41) is 0. The van der Waals surface area contributed by atoms with Gasteiger partial charge in [-0.2, -0.15) is 0 Å². The van der Waals surface area contributed by atoms with Crippen LogP contribution >= 0.6 is 49.2 Å².